The van der Waals surface area contributed by atoms with Gasteiger partial charge in [-0.05, 0) is 36.2 Å². The fraction of sp³-hybridized carbons (Fsp3) is 0.350. The van der Waals surface area contributed by atoms with Crippen LogP contribution >= 0.6 is 0 Å². The van der Waals surface area contributed by atoms with Gasteiger partial charge in [-0.15, -0.1) is 0 Å². The van der Waals surface area contributed by atoms with Crippen LogP contribution in [0.3, 0.4) is 0 Å². The van der Waals surface area contributed by atoms with Crippen molar-refractivity contribution in [2.24, 2.45) is 13.0 Å². The summed E-state index contributed by atoms with van der Waals surface area (Å²) in [5, 5.41) is 2.77. The van der Waals surface area contributed by atoms with E-state index in [1.54, 1.807) is 44.4 Å². The lowest BCUT2D eigenvalue weighted by atomic mass is 10.2. The Morgan fingerprint density at radius 3 is 2.73 bits per heavy atom. The van der Waals surface area contributed by atoms with E-state index >= 15 is 0 Å². The third kappa shape index (κ3) is 3.77. The Kier molecular flexibility index (Phi) is 4.79. The van der Waals surface area contributed by atoms with Crippen LogP contribution in [0, 0.1) is 5.92 Å². The number of imidazole rings is 1. The van der Waals surface area contributed by atoms with Crippen molar-refractivity contribution < 1.29 is 18.0 Å². The normalized spacial score (nSPS) is 18.4. The average molecular weight is 419 g/mol. The number of anilines is 1. The van der Waals surface area contributed by atoms with Gasteiger partial charge in [0.25, 0.3) is 5.91 Å². The maximum Gasteiger partial charge on any atom is 0.393 e. The number of amides is 1. The van der Waals surface area contributed by atoms with Gasteiger partial charge in [0.1, 0.15) is 5.82 Å². The minimum absolute atomic E-state index is 0.0799. The molecule has 0 saturated heterocycles. The second-order valence-corrected chi connectivity index (χ2v) is 7.49. The van der Waals surface area contributed by atoms with Crippen molar-refractivity contribution >= 4 is 22.8 Å². The van der Waals surface area contributed by atoms with Gasteiger partial charge in [-0.25, -0.2) is 9.78 Å². The average Bonchev–Trinajstić information content (AvgIpc) is 3.48. The third-order valence-electron chi connectivity index (χ3n) is 5.46. The molecular formula is C20H20F3N5O2. The number of halogens is 3. The number of pyridine rings is 1. The van der Waals surface area contributed by atoms with E-state index in [1.165, 1.54) is 15.7 Å². The fourth-order valence-corrected chi connectivity index (χ4v) is 3.52. The SMILES string of the molecule is CN(c1ccc(CNC(=O)c2ccc3c(c2)[nH]c(=O)n3C)cn1)[C@H]1C[C@@H]1C(F)(F)F. The molecule has 2 N–H and O–H groups in total. The zero-order valence-electron chi connectivity index (χ0n) is 16.3. The summed E-state index contributed by atoms with van der Waals surface area (Å²) >= 11 is 0. The highest BCUT2D eigenvalue weighted by Gasteiger charge is 2.57. The number of fused-ring (bicyclic) bond motifs is 1. The molecule has 1 amide bonds. The van der Waals surface area contributed by atoms with Crippen molar-refractivity contribution in [1.29, 1.82) is 0 Å². The molecule has 1 aliphatic rings. The van der Waals surface area contributed by atoms with Crippen LogP contribution in [0.15, 0.2) is 41.3 Å². The molecule has 4 rings (SSSR count). The highest BCUT2D eigenvalue weighted by molar-refractivity contribution is 5.97. The summed E-state index contributed by atoms with van der Waals surface area (Å²) in [5.41, 5.74) is 2.13. The lowest BCUT2D eigenvalue weighted by Crippen LogP contribution is -2.27. The second-order valence-electron chi connectivity index (χ2n) is 7.49. The van der Waals surface area contributed by atoms with Crippen molar-refractivity contribution in [3.63, 3.8) is 0 Å². The second kappa shape index (κ2) is 7.19. The Bertz CT molecular complexity index is 1150. The van der Waals surface area contributed by atoms with Gasteiger partial charge in [0.2, 0.25) is 0 Å². The zero-order chi connectivity index (χ0) is 21.6. The number of hydrogen-bond acceptors (Lipinski definition) is 4. The molecule has 2 aromatic heterocycles. The number of aromatic nitrogens is 3. The van der Waals surface area contributed by atoms with Crippen LogP contribution in [0.1, 0.15) is 22.3 Å². The van der Waals surface area contributed by atoms with Gasteiger partial charge in [-0.1, -0.05) is 6.07 Å². The van der Waals surface area contributed by atoms with Crippen LogP contribution in [-0.4, -0.2) is 39.7 Å². The smallest absolute Gasteiger partial charge is 0.356 e. The van der Waals surface area contributed by atoms with Crippen LogP contribution < -0.4 is 15.9 Å². The van der Waals surface area contributed by atoms with Gasteiger partial charge in [-0.3, -0.25) is 9.36 Å². The minimum atomic E-state index is -4.18. The predicted molar refractivity (Wildman–Crippen MR) is 105 cm³/mol. The number of carbonyl (C=O) groups excluding carboxylic acids is 1. The van der Waals surface area contributed by atoms with Crippen LogP contribution in [-0.2, 0) is 13.6 Å². The maximum absolute atomic E-state index is 12.7. The van der Waals surface area contributed by atoms with Crippen molar-refractivity contribution in [1.82, 2.24) is 19.9 Å². The maximum atomic E-state index is 12.7. The van der Waals surface area contributed by atoms with E-state index in [1.807, 2.05) is 0 Å². The summed E-state index contributed by atoms with van der Waals surface area (Å²) in [6.45, 7) is 0.216. The molecule has 1 fully saturated rings. The van der Waals surface area contributed by atoms with E-state index in [-0.39, 0.29) is 24.6 Å². The van der Waals surface area contributed by atoms with Gasteiger partial charge in [0, 0.05) is 38.4 Å². The lowest BCUT2D eigenvalue weighted by Gasteiger charge is -2.19. The summed E-state index contributed by atoms with van der Waals surface area (Å²) < 4.78 is 39.7. The number of H-pyrrole nitrogens is 1. The molecule has 1 aliphatic carbocycles. The molecule has 3 aromatic rings. The van der Waals surface area contributed by atoms with Crippen LogP contribution in [0.2, 0.25) is 0 Å². The van der Waals surface area contributed by atoms with Crippen LogP contribution in [0.5, 0.6) is 0 Å². The number of benzene rings is 1. The van der Waals surface area contributed by atoms with Crippen LogP contribution in [0.4, 0.5) is 19.0 Å². The first-order valence-electron chi connectivity index (χ1n) is 9.36. The van der Waals surface area contributed by atoms with E-state index in [0.29, 0.717) is 22.4 Å². The zero-order valence-corrected chi connectivity index (χ0v) is 16.3. The first-order valence-corrected chi connectivity index (χ1v) is 9.36. The molecule has 7 nitrogen and oxygen atoms in total. The molecule has 0 aliphatic heterocycles. The standard InChI is InChI=1S/C20H20F3N5O2/c1-27(16-8-13(16)20(21,22)23)17-6-3-11(9-24-17)10-25-18(29)12-4-5-15-14(7-12)26-19(30)28(15)2/h3-7,9,13,16H,8,10H2,1-2H3,(H,25,29)(H,26,30)/t13-,16-/m0/s1. The summed E-state index contributed by atoms with van der Waals surface area (Å²) in [5.74, 6) is -1.16. The Hall–Kier alpha value is -3.30. The third-order valence-corrected chi connectivity index (χ3v) is 5.46. The first kappa shape index (κ1) is 20.0. The Balaban J connectivity index is 1.37. The fourth-order valence-electron chi connectivity index (χ4n) is 3.52. The van der Waals surface area contributed by atoms with E-state index < -0.39 is 18.1 Å². The van der Waals surface area contributed by atoms with E-state index in [2.05, 4.69) is 15.3 Å². The Morgan fingerprint density at radius 1 is 1.33 bits per heavy atom. The summed E-state index contributed by atoms with van der Waals surface area (Å²) in [6, 6.07) is 7.72. The van der Waals surface area contributed by atoms with Gasteiger partial charge in [0.05, 0.1) is 17.0 Å². The number of aryl methyl sites for hydroxylation is 1. The quantitative estimate of drug-likeness (QED) is 0.666. The number of aromatic amines is 1. The number of carbonyl (C=O) groups is 1. The largest absolute Gasteiger partial charge is 0.393 e. The molecular weight excluding hydrogens is 399 g/mol. The molecule has 1 aromatic carbocycles. The lowest BCUT2D eigenvalue weighted by molar-refractivity contribution is -0.148. The molecule has 0 spiro atoms. The summed E-state index contributed by atoms with van der Waals surface area (Å²) in [4.78, 5) is 32.5. The molecule has 158 valence electrons. The van der Waals surface area contributed by atoms with E-state index in [9.17, 15) is 22.8 Å². The molecule has 2 heterocycles. The van der Waals surface area contributed by atoms with E-state index in [4.69, 9.17) is 0 Å². The molecule has 2 atom stereocenters. The molecule has 0 bridgehead atoms. The van der Waals surface area contributed by atoms with Crippen molar-refractivity contribution in [3.8, 4) is 0 Å². The number of nitrogens with one attached hydrogen (secondary N) is 2. The van der Waals surface area contributed by atoms with E-state index in [0.717, 1.165) is 5.56 Å². The topological polar surface area (TPSA) is 83.0 Å². The van der Waals surface area contributed by atoms with Crippen molar-refractivity contribution in [2.45, 2.75) is 25.2 Å². The van der Waals surface area contributed by atoms with Crippen molar-refractivity contribution in [3.05, 3.63) is 58.1 Å². The number of rotatable bonds is 5. The Morgan fingerprint density at radius 2 is 2.10 bits per heavy atom. The minimum Gasteiger partial charge on any atom is -0.356 e. The van der Waals surface area contributed by atoms with Gasteiger partial charge in [-0.2, -0.15) is 13.2 Å². The monoisotopic (exact) mass is 419 g/mol. The van der Waals surface area contributed by atoms with Gasteiger partial charge < -0.3 is 15.2 Å². The molecule has 10 heteroatoms. The molecule has 30 heavy (non-hydrogen) atoms. The Labute approximate surface area is 169 Å². The summed E-state index contributed by atoms with van der Waals surface area (Å²) in [7, 11) is 3.24. The number of hydrogen-bond donors (Lipinski definition) is 2. The molecule has 0 unspecified atom stereocenters. The highest BCUT2D eigenvalue weighted by atomic mass is 19.4. The van der Waals surface area contributed by atoms with Gasteiger partial charge >= 0.3 is 11.9 Å². The van der Waals surface area contributed by atoms with Gasteiger partial charge in [0.15, 0.2) is 0 Å². The first-order chi connectivity index (χ1) is 14.1. The predicted octanol–water partition coefficient (Wildman–Crippen LogP) is 2.58. The highest BCUT2D eigenvalue weighted by Crippen LogP contribution is 2.47. The number of nitrogens with zero attached hydrogens (tertiary/aromatic N) is 3. The van der Waals surface area contributed by atoms with Crippen LogP contribution in [0.25, 0.3) is 11.0 Å². The molecule has 1 saturated carbocycles. The summed E-state index contributed by atoms with van der Waals surface area (Å²) in [6.07, 6.45) is -2.57. The number of alkyl halides is 3. The molecule has 0 radical (unpaired) electrons. The van der Waals surface area contributed by atoms with Crippen molar-refractivity contribution in [2.75, 3.05) is 11.9 Å².